The Labute approximate surface area is 133 Å². The molecule has 1 aromatic rings. The average molecular weight is 327 g/mol. The number of ether oxygens (including phenoxy) is 1. The third kappa shape index (κ3) is 3.27. The van der Waals surface area contributed by atoms with E-state index in [4.69, 9.17) is 4.74 Å². The summed E-state index contributed by atoms with van der Waals surface area (Å²) in [5.41, 5.74) is -0.433. The van der Waals surface area contributed by atoms with Crippen LogP contribution in [0.25, 0.3) is 0 Å². The molecule has 120 valence electrons. The second-order valence-electron chi connectivity index (χ2n) is 5.89. The standard InChI is InChI=1S/C16H19F2NO2S/c1-21-11-6-7-19(8-11)16(20)14-12(17)4-5-13(15(14)18)22-9-10-2-3-10/h4-5,10-11H,2-3,6-9H2,1H3/t11-/m0/s1. The quantitative estimate of drug-likeness (QED) is 0.777. The molecule has 6 heteroatoms. The van der Waals surface area contributed by atoms with Crippen LogP contribution in [0.4, 0.5) is 8.78 Å². The van der Waals surface area contributed by atoms with Gasteiger partial charge in [0, 0.05) is 30.8 Å². The molecule has 1 saturated heterocycles. The predicted octanol–water partition coefficient (Wildman–Crippen LogP) is 3.33. The Kier molecular flexibility index (Phi) is 4.68. The second kappa shape index (κ2) is 6.54. The number of likely N-dealkylation sites (tertiary alicyclic amines) is 1. The van der Waals surface area contributed by atoms with E-state index in [9.17, 15) is 13.6 Å². The smallest absolute Gasteiger partial charge is 0.259 e. The normalized spacial score (nSPS) is 21.4. The van der Waals surface area contributed by atoms with Crippen LogP contribution in [-0.2, 0) is 4.74 Å². The van der Waals surface area contributed by atoms with E-state index in [1.807, 2.05) is 0 Å². The lowest BCUT2D eigenvalue weighted by Gasteiger charge is -2.18. The summed E-state index contributed by atoms with van der Waals surface area (Å²) < 4.78 is 33.7. The molecule has 3 nitrogen and oxygen atoms in total. The Bertz CT molecular complexity index is 578. The maximum Gasteiger partial charge on any atom is 0.259 e. The third-order valence-corrected chi connectivity index (χ3v) is 5.47. The van der Waals surface area contributed by atoms with Crippen LogP contribution in [0.3, 0.4) is 0 Å². The number of halogens is 2. The van der Waals surface area contributed by atoms with Gasteiger partial charge in [-0.2, -0.15) is 0 Å². The fourth-order valence-corrected chi connectivity index (χ4v) is 3.74. The van der Waals surface area contributed by atoms with Crippen molar-refractivity contribution in [1.82, 2.24) is 4.90 Å². The molecule has 0 N–H and O–H groups in total. The molecule has 0 unspecified atom stereocenters. The zero-order chi connectivity index (χ0) is 15.7. The molecule has 1 aliphatic heterocycles. The van der Waals surface area contributed by atoms with E-state index >= 15 is 0 Å². The van der Waals surface area contributed by atoms with Crippen molar-refractivity contribution in [2.75, 3.05) is 26.0 Å². The minimum absolute atomic E-state index is 0.0532. The van der Waals surface area contributed by atoms with Crippen molar-refractivity contribution >= 4 is 17.7 Å². The molecular weight excluding hydrogens is 308 g/mol. The van der Waals surface area contributed by atoms with Crippen molar-refractivity contribution in [3.8, 4) is 0 Å². The molecule has 1 amide bonds. The lowest BCUT2D eigenvalue weighted by molar-refractivity contribution is 0.0714. The van der Waals surface area contributed by atoms with Gasteiger partial charge in [0.25, 0.3) is 5.91 Å². The number of hydrogen-bond acceptors (Lipinski definition) is 3. The van der Waals surface area contributed by atoms with E-state index in [0.717, 1.165) is 5.75 Å². The number of amides is 1. The van der Waals surface area contributed by atoms with Crippen molar-refractivity contribution in [2.45, 2.75) is 30.3 Å². The van der Waals surface area contributed by atoms with E-state index in [1.165, 1.54) is 41.6 Å². The number of thioether (sulfide) groups is 1. The van der Waals surface area contributed by atoms with Gasteiger partial charge in [-0.05, 0) is 37.3 Å². The summed E-state index contributed by atoms with van der Waals surface area (Å²) in [5, 5.41) is 0. The maximum absolute atomic E-state index is 14.5. The fourth-order valence-electron chi connectivity index (χ4n) is 2.60. The molecule has 0 spiro atoms. The predicted molar refractivity (Wildman–Crippen MR) is 81.1 cm³/mol. The highest BCUT2D eigenvalue weighted by atomic mass is 32.2. The van der Waals surface area contributed by atoms with Crippen LogP contribution in [0.1, 0.15) is 29.6 Å². The van der Waals surface area contributed by atoms with Crippen LogP contribution in [0, 0.1) is 17.6 Å². The molecule has 0 bridgehead atoms. The summed E-state index contributed by atoms with van der Waals surface area (Å²) in [6.07, 6.45) is 2.99. The van der Waals surface area contributed by atoms with E-state index in [2.05, 4.69) is 0 Å². The van der Waals surface area contributed by atoms with Crippen LogP contribution < -0.4 is 0 Å². The summed E-state index contributed by atoms with van der Waals surface area (Å²) in [6, 6.07) is 2.62. The molecule has 1 atom stereocenters. The number of carbonyl (C=O) groups excluding carboxylic acids is 1. The highest BCUT2D eigenvalue weighted by Crippen LogP contribution is 2.36. The average Bonchev–Trinajstić information content (AvgIpc) is 3.21. The van der Waals surface area contributed by atoms with Crippen LogP contribution in [0.5, 0.6) is 0 Å². The first-order valence-electron chi connectivity index (χ1n) is 7.53. The lowest BCUT2D eigenvalue weighted by Crippen LogP contribution is -2.31. The summed E-state index contributed by atoms with van der Waals surface area (Å²) in [6.45, 7) is 0.851. The number of methoxy groups -OCH3 is 1. The lowest BCUT2D eigenvalue weighted by atomic mass is 10.1. The van der Waals surface area contributed by atoms with E-state index in [1.54, 1.807) is 7.11 Å². The molecule has 2 fully saturated rings. The Morgan fingerprint density at radius 2 is 2.14 bits per heavy atom. The molecule has 1 aliphatic carbocycles. The van der Waals surface area contributed by atoms with Gasteiger partial charge in [-0.15, -0.1) is 11.8 Å². The van der Waals surface area contributed by atoms with Gasteiger partial charge in [-0.25, -0.2) is 8.78 Å². The van der Waals surface area contributed by atoms with Gasteiger partial charge in [-0.1, -0.05) is 0 Å². The molecule has 1 heterocycles. The first-order valence-corrected chi connectivity index (χ1v) is 8.51. The largest absolute Gasteiger partial charge is 0.380 e. The van der Waals surface area contributed by atoms with Gasteiger partial charge >= 0.3 is 0 Å². The number of benzene rings is 1. The number of carbonyl (C=O) groups is 1. The number of nitrogens with zero attached hydrogens (tertiary/aromatic N) is 1. The monoisotopic (exact) mass is 327 g/mol. The Hall–Kier alpha value is -1.14. The van der Waals surface area contributed by atoms with Crippen LogP contribution >= 0.6 is 11.8 Å². The number of hydrogen-bond donors (Lipinski definition) is 0. The molecule has 2 aliphatic rings. The van der Waals surface area contributed by atoms with Crippen molar-refractivity contribution in [1.29, 1.82) is 0 Å². The van der Waals surface area contributed by atoms with Gasteiger partial charge < -0.3 is 9.64 Å². The molecule has 0 aromatic heterocycles. The third-order valence-electron chi connectivity index (χ3n) is 4.21. The summed E-state index contributed by atoms with van der Waals surface area (Å²) in [5.74, 6) is -0.639. The summed E-state index contributed by atoms with van der Waals surface area (Å²) >= 11 is 1.37. The van der Waals surface area contributed by atoms with Crippen molar-refractivity contribution in [3.63, 3.8) is 0 Å². The highest BCUT2D eigenvalue weighted by molar-refractivity contribution is 7.99. The van der Waals surface area contributed by atoms with Gasteiger partial charge in [-0.3, -0.25) is 4.79 Å². The SMILES string of the molecule is CO[C@H]1CCN(C(=O)c2c(F)ccc(SCC3CC3)c2F)C1. The molecule has 22 heavy (non-hydrogen) atoms. The second-order valence-corrected chi connectivity index (χ2v) is 6.95. The maximum atomic E-state index is 14.5. The van der Waals surface area contributed by atoms with Crippen LogP contribution in [0.15, 0.2) is 17.0 Å². The van der Waals surface area contributed by atoms with Crippen LogP contribution in [-0.4, -0.2) is 42.9 Å². The van der Waals surface area contributed by atoms with Gasteiger partial charge in [0.05, 0.1) is 6.10 Å². The Balaban J connectivity index is 1.79. The summed E-state index contributed by atoms with van der Waals surface area (Å²) in [4.78, 5) is 14.3. The highest BCUT2D eigenvalue weighted by Gasteiger charge is 2.31. The minimum atomic E-state index is -0.792. The Morgan fingerprint density at radius 3 is 2.77 bits per heavy atom. The first-order chi connectivity index (χ1) is 10.6. The minimum Gasteiger partial charge on any atom is -0.380 e. The number of rotatable bonds is 5. The van der Waals surface area contributed by atoms with E-state index in [0.29, 0.717) is 30.3 Å². The summed E-state index contributed by atoms with van der Waals surface area (Å²) in [7, 11) is 1.58. The molecular formula is C16H19F2NO2S. The molecule has 1 aromatic carbocycles. The van der Waals surface area contributed by atoms with E-state index < -0.39 is 23.1 Å². The Morgan fingerprint density at radius 1 is 1.36 bits per heavy atom. The molecule has 3 rings (SSSR count). The topological polar surface area (TPSA) is 29.5 Å². The zero-order valence-corrected chi connectivity index (χ0v) is 13.3. The van der Waals surface area contributed by atoms with Gasteiger partial charge in [0.2, 0.25) is 0 Å². The van der Waals surface area contributed by atoms with Crippen molar-refractivity contribution in [3.05, 3.63) is 29.3 Å². The van der Waals surface area contributed by atoms with Crippen LogP contribution in [0.2, 0.25) is 0 Å². The molecule has 1 saturated carbocycles. The van der Waals surface area contributed by atoms with Gasteiger partial charge in [0.1, 0.15) is 11.4 Å². The van der Waals surface area contributed by atoms with Crippen molar-refractivity contribution < 1.29 is 18.3 Å². The molecule has 0 radical (unpaired) electrons. The van der Waals surface area contributed by atoms with E-state index in [-0.39, 0.29) is 6.10 Å². The van der Waals surface area contributed by atoms with Crippen molar-refractivity contribution in [2.24, 2.45) is 5.92 Å². The first kappa shape index (κ1) is 15.7. The van der Waals surface area contributed by atoms with Gasteiger partial charge in [0.15, 0.2) is 5.82 Å². The fraction of sp³-hybridized carbons (Fsp3) is 0.562. The zero-order valence-electron chi connectivity index (χ0n) is 12.5.